The lowest BCUT2D eigenvalue weighted by atomic mass is 9.13. The van der Waals surface area contributed by atoms with Crippen LogP contribution in [0.3, 0.4) is 0 Å². The zero-order valence-corrected chi connectivity index (χ0v) is 21.3. The van der Waals surface area contributed by atoms with Crippen molar-refractivity contribution in [3.05, 3.63) is 120 Å². The fourth-order valence-corrected chi connectivity index (χ4v) is 4.46. The van der Waals surface area contributed by atoms with Gasteiger partial charge in [-0.2, -0.15) is 21.9 Å². The molecular weight excluding hydrogens is 397 g/mol. The summed E-state index contributed by atoms with van der Waals surface area (Å²) in [6.07, 6.45) is -1.26. The van der Waals surface area contributed by atoms with Crippen LogP contribution in [0.25, 0.3) is 0 Å². The van der Waals surface area contributed by atoms with Crippen LogP contribution < -0.4 is 21.9 Å². The van der Waals surface area contributed by atoms with E-state index in [9.17, 15) is 0 Å². The predicted octanol–water partition coefficient (Wildman–Crippen LogP) is 4.31. The number of quaternary nitrogens is 1. The van der Waals surface area contributed by atoms with Gasteiger partial charge in [-0.15, -0.1) is 0 Å². The summed E-state index contributed by atoms with van der Waals surface area (Å²) in [6, 6.07) is 38.2. The van der Waals surface area contributed by atoms with Crippen molar-refractivity contribution in [3.63, 3.8) is 0 Å². The highest BCUT2D eigenvalue weighted by Gasteiger charge is 2.31. The zero-order chi connectivity index (χ0) is 24.1. The molecule has 4 rings (SSSR count). The minimum Gasteiger partial charge on any atom is -0.333 e. The van der Waals surface area contributed by atoms with Crippen LogP contribution in [0.1, 0.15) is 16.7 Å². The maximum atomic E-state index is 2.31. The quantitative estimate of drug-likeness (QED) is 0.331. The number of rotatable bonds is 4. The summed E-state index contributed by atoms with van der Waals surface area (Å²) in [6.45, 7) is 6.45. The summed E-state index contributed by atoms with van der Waals surface area (Å²) < 4.78 is 1.00. The highest BCUT2D eigenvalue weighted by Crippen LogP contribution is 2.11. The van der Waals surface area contributed by atoms with E-state index in [2.05, 4.69) is 152 Å². The fraction of sp³-hybridized carbons (Fsp3) is 0.226. The highest BCUT2D eigenvalue weighted by atomic mass is 15.2. The van der Waals surface area contributed by atoms with Gasteiger partial charge in [-0.25, -0.2) is 0 Å². The van der Waals surface area contributed by atoms with Gasteiger partial charge in [0, 0.05) is 0 Å². The van der Waals surface area contributed by atoms with Crippen molar-refractivity contribution < 1.29 is 4.48 Å². The summed E-state index contributed by atoms with van der Waals surface area (Å²) in [5.41, 5.74) is 9.26. The molecule has 0 amide bonds. The Bertz CT molecular complexity index is 1020. The van der Waals surface area contributed by atoms with Gasteiger partial charge in [0.15, 0.2) is 0 Å². The second kappa shape index (κ2) is 10.2. The van der Waals surface area contributed by atoms with E-state index in [1.54, 1.807) is 0 Å². The van der Waals surface area contributed by atoms with Crippen LogP contribution in [0.5, 0.6) is 0 Å². The molecule has 4 aromatic carbocycles. The number of benzene rings is 4. The third-order valence-corrected chi connectivity index (χ3v) is 6.03. The first-order chi connectivity index (χ1) is 15.6. The Morgan fingerprint density at radius 3 is 0.909 bits per heavy atom. The van der Waals surface area contributed by atoms with Crippen LogP contribution in [0.15, 0.2) is 103 Å². The van der Waals surface area contributed by atoms with E-state index in [0.717, 1.165) is 4.48 Å². The van der Waals surface area contributed by atoms with Crippen LogP contribution in [-0.2, 0) is 0 Å². The van der Waals surface area contributed by atoms with Gasteiger partial charge in [-0.1, -0.05) is 120 Å². The van der Waals surface area contributed by atoms with E-state index >= 15 is 0 Å². The molecule has 0 saturated heterocycles. The van der Waals surface area contributed by atoms with Crippen molar-refractivity contribution in [3.8, 4) is 0 Å². The molecule has 170 valence electrons. The molecule has 0 aliphatic heterocycles. The molecule has 0 radical (unpaired) electrons. The Morgan fingerprint density at radius 1 is 0.394 bits per heavy atom. The first-order valence-electron chi connectivity index (χ1n) is 11.8. The molecule has 0 bridgehead atoms. The third-order valence-electron chi connectivity index (χ3n) is 6.03. The second-order valence-corrected chi connectivity index (χ2v) is 10.7. The lowest BCUT2D eigenvalue weighted by Crippen LogP contribution is -2.74. The van der Waals surface area contributed by atoms with Gasteiger partial charge in [-0.3, -0.25) is 0 Å². The van der Waals surface area contributed by atoms with Crippen LogP contribution >= 0.6 is 0 Å². The molecule has 0 aliphatic rings. The second-order valence-electron chi connectivity index (χ2n) is 10.7. The van der Waals surface area contributed by atoms with Gasteiger partial charge in [0.2, 0.25) is 0 Å². The van der Waals surface area contributed by atoms with E-state index in [4.69, 9.17) is 0 Å². The Balaban J connectivity index is 0.000000555. The maximum absolute atomic E-state index is 2.31. The highest BCUT2D eigenvalue weighted by molar-refractivity contribution is 7.19. The molecule has 0 aliphatic carbocycles. The minimum absolute atomic E-state index is 1.00. The van der Waals surface area contributed by atoms with Crippen LogP contribution in [-0.4, -0.2) is 38.8 Å². The molecule has 0 saturated carbocycles. The van der Waals surface area contributed by atoms with E-state index < -0.39 is 6.15 Å². The molecule has 0 fully saturated rings. The van der Waals surface area contributed by atoms with Crippen LogP contribution in [0, 0.1) is 20.8 Å². The number of nitrogens with zero attached hydrogens (tertiary/aromatic N) is 1. The van der Waals surface area contributed by atoms with Crippen molar-refractivity contribution in [2.45, 2.75) is 20.8 Å². The SMILES string of the molecule is C[N+](C)(C)C.Cc1ccc([B-](c2ccccc2)(c2ccc(C)cc2)c2ccc(C)cc2)cc1. The lowest BCUT2D eigenvalue weighted by molar-refractivity contribution is -0.849. The monoisotopic (exact) mass is 435 g/mol. The summed E-state index contributed by atoms with van der Waals surface area (Å²) in [7, 11) is 8.50. The van der Waals surface area contributed by atoms with Crippen LogP contribution in [0.4, 0.5) is 0 Å². The first-order valence-corrected chi connectivity index (χ1v) is 11.8. The molecule has 0 spiro atoms. The molecule has 33 heavy (non-hydrogen) atoms. The number of hydrogen-bond donors (Lipinski definition) is 0. The topological polar surface area (TPSA) is 0 Å². The average Bonchev–Trinajstić information content (AvgIpc) is 2.77. The summed E-state index contributed by atoms with van der Waals surface area (Å²) >= 11 is 0. The molecule has 0 atom stereocenters. The summed E-state index contributed by atoms with van der Waals surface area (Å²) in [5.74, 6) is 0. The summed E-state index contributed by atoms with van der Waals surface area (Å²) in [4.78, 5) is 0. The van der Waals surface area contributed by atoms with Crippen molar-refractivity contribution in [2.24, 2.45) is 0 Å². The number of hydrogen-bond acceptors (Lipinski definition) is 0. The van der Waals surface area contributed by atoms with Gasteiger partial charge in [0.1, 0.15) is 6.15 Å². The molecule has 0 heterocycles. The fourth-order valence-electron chi connectivity index (χ4n) is 4.46. The minimum atomic E-state index is -1.26. The maximum Gasteiger partial charge on any atom is 0.108 e. The molecule has 2 heteroatoms. The van der Waals surface area contributed by atoms with E-state index in [1.165, 1.54) is 38.5 Å². The standard InChI is InChI=1S/C27H26B.C4H12N/c1-21-9-15-25(16-10-21)28(24-7-5-4-6-8-24,26-17-11-22(2)12-18-26)27-19-13-23(3)14-20-27;1-5(2,3)4/h4-20H,1-3H3;1-4H3/q-1;+1. The van der Waals surface area contributed by atoms with Crippen molar-refractivity contribution in [2.75, 3.05) is 28.2 Å². The van der Waals surface area contributed by atoms with E-state index in [-0.39, 0.29) is 0 Å². The Morgan fingerprint density at radius 2 is 0.636 bits per heavy atom. The van der Waals surface area contributed by atoms with Gasteiger partial charge in [0.25, 0.3) is 0 Å². The Hall–Kier alpha value is -3.10. The van der Waals surface area contributed by atoms with Gasteiger partial charge < -0.3 is 4.48 Å². The molecule has 1 nitrogen and oxygen atoms in total. The zero-order valence-electron chi connectivity index (χ0n) is 21.3. The smallest absolute Gasteiger partial charge is 0.108 e. The predicted molar refractivity (Wildman–Crippen MR) is 148 cm³/mol. The van der Waals surface area contributed by atoms with Gasteiger partial charge in [0.05, 0.1) is 28.2 Å². The Labute approximate surface area is 201 Å². The summed E-state index contributed by atoms with van der Waals surface area (Å²) in [5, 5.41) is 0. The molecular formula is C31H38BN. The normalized spacial score (nSPS) is 11.5. The van der Waals surface area contributed by atoms with E-state index in [0.29, 0.717) is 0 Å². The first kappa shape index (κ1) is 24.5. The average molecular weight is 435 g/mol. The Kier molecular flexibility index (Phi) is 7.61. The van der Waals surface area contributed by atoms with E-state index in [1.807, 2.05) is 0 Å². The lowest BCUT2D eigenvalue weighted by Gasteiger charge is -2.44. The van der Waals surface area contributed by atoms with Crippen molar-refractivity contribution in [1.82, 2.24) is 0 Å². The van der Waals surface area contributed by atoms with Crippen molar-refractivity contribution >= 4 is 28.0 Å². The third kappa shape index (κ3) is 6.03. The molecule has 0 N–H and O–H groups in total. The largest absolute Gasteiger partial charge is 0.333 e. The molecule has 0 aromatic heterocycles. The van der Waals surface area contributed by atoms with Gasteiger partial charge in [-0.05, 0) is 20.8 Å². The molecule has 0 unspecified atom stereocenters. The van der Waals surface area contributed by atoms with Gasteiger partial charge >= 0.3 is 0 Å². The number of aryl methyl sites for hydroxylation is 3. The van der Waals surface area contributed by atoms with Crippen molar-refractivity contribution in [1.29, 1.82) is 0 Å². The van der Waals surface area contributed by atoms with Crippen LogP contribution in [0.2, 0.25) is 0 Å². The molecule has 4 aromatic rings.